The van der Waals surface area contributed by atoms with Crippen molar-refractivity contribution in [2.45, 2.75) is 0 Å². The minimum atomic E-state index is 0.824. The Labute approximate surface area is 238 Å². The van der Waals surface area contributed by atoms with Gasteiger partial charge in [-0.3, -0.25) is 4.90 Å². The van der Waals surface area contributed by atoms with Gasteiger partial charge in [0.2, 0.25) is 0 Å². The Kier molecular flexibility index (Phi) is 5.46. The third-order valence-electron chi connectivity index (χ3n) is 7.92. The monoisotopic (exact) mass is 523 g/mol. The van der Waals surface area contributed by atoms with Gasteiger partial charge in [0, 0.05) is 23.2 Å². The van der Waals surface area contributed by atoms with Gasteiger partial charge < -0.3 is 0 Å². The molecule has 3 heteroatoms. The van der Waals surface area contributed by atoms with Crippen molar-refractivity contribution in [2.75, 3.05) is 4.90 Å². The van der Waals surface area contributed by atoms with Gasteiger partial charge in [-0.25, -0.2) is 9.97 Å². The average molecular weight is 524 g/mol. The summed E-state index contributed by atoms with van der Waals surface area (Å²) >= 11 is 0. The minimum Gasteiger partial charge on any atom is -0.278 e. The van der Waals surface area contributed by atoms with E-state index in [-0.39, 0.29) is 0 Å². The molecule has 8 rings (SSSR count). The third-order valence-corrected chi connectivity index (χ3v) is 7.92. The molecule has 0 spiro atoms. The van der Waals surface area contributed by atoms with Crippen LogP contribution in [-0.2, 0) is 0 Å². The highest BCUT2D eigenvalue weighted by molar-refractivity contribution is 6.26. The fraction of sp³-hybridized carbons (Fsp3) is 0. The summed E-state index contributed by atoms with van der Waals surface area (Å²) in [6.07, 6.45) is 3.68. The molecule has 0 amide bonds. The molecule has 0 radical (unpaired) electrons. The van der Waals surface area contributed by atoms with E-state index in [0.29, 0.717) is 0 Å². The second kappa shape index (κ2) is 9.58. The first-order valence-corrected chi connectivity index (χ1v) is 13.8. The van der Waals surface area contributed by atoms with E-state index >= 15 is 0 Å². The predicted molar refractivity (Wildman–Crippen MR) is 172 cm³/mol. The van der Waals surface area contributed by atoms with Gasteiger partial charge in [-0.05, 0) is 73.8 Å². The molecule has 0 unspecified atom stereocenters. The van der Waals surface area contributed by atoms with Crippen LogP contribution in [0.25, 0.3) is 54.2 Å². The summed E-state index contributed by atoms with van der Waals surface area (Å²) in [4.78, 5) is 11.8. The molecule has 0 atom stereocenters. The van der Waals surface area contributed by atoms with Gasteiger partial charge >= 0.3 is 0 Å². The molecular formula is C38H25N3. The summed E-state index contributed by atoms with van der Waals surface area (Å²) in [5, 5.41) is 9.71. The van der Waals surface area contributed by atoms with Crippen molar-refractivity contribution in [3.63, 3.8) is 0 Å². The summed E-state index contributed by atoms with van der Waals surface area (Å²) in [5.41, 5.74) is 3.55. The fourth-order valence-electron chi connectivity index (χ4n) is 6.22. The SMILES string of the molecule is c1ccc(N(c2ccccn2)c2c3ccccc3c(-c3cc4ccccc4c4ccccc34)c3ccccc23)nc1. The van der Waals surface area contributed by atoms with Crippen molar-refractivity contribution in [3.05, 3.63) is 152 Å². The maximum atomic E-state index is 4.79. The zero-order valence-corrected chi connectivity index (χ0v) is 22.3. The van der Waals surface area contributed by atoms with Crippen LogP contribution in [0.4, 0.5) is 17.3 Å². The Morgan fingerprint density at radius 1 is 0.390 bits per heavy atom. The Morgan fingerprint density at radius 3 is 1.41 bits per heavy atom. The van der Waals surface area contributed by atoms with E-state index in [1.165, 1.54) is 43.4 Å². The molecule has 0 bridgehead atoms. The van der Waals surface area contributed by atoms with Crippen LogP contribution < -0.4 is 4.90 Å². The van der Waals surface area contributed by atoms with Crippen molar-refractivity contribution in [1.82, 2.24) is 9.97 Å². The Morgan fingerprint density at radius 2 is 0.854 bits per heavy atom. The smallest absolute Gasteiger partial charge is 0.138 e. The minimum absolute atomic E-state index is 0.824. The molecule has 0 aliphatic rings. The number of hydrogen-bond acceptors (Lipinski definition) is 3. The number of aromatic nitrogens is 2. The molecule has 192 valence electrons. The van der Waals surface area contributed by atoms with Crippen LogP contribution in [0.15, 0.2) is 152 Å². The normalized spacial score (nSPS) is 11.4. The van der Waals surface area contributed by atoms with Crippen molar-refractivity contribution in [2.24, 2.45) is 0 Å². The van der Waals surface area contributed by atoms with Gasteiger partial charge in [-0.1, -0.05) is 109 Å². The van der Waals surface area contributed by atoms with Crippen LogP contribution in [0.5, 0.6) is 0 Å². The van der Waals surface area contributed by atoms with Crippen LogP contribution in [0.3, 0.4) is 0 Å². The van der Waals surface area contributed by atoms with E-state index in [4.69, 9.17) is 9.97 Å². The van der Waals surface area contributed by atoms with Crippen LogP contribution in [-0.4, -0.2) is 9.97 Å². The first kappa shape index (κ1) is 23.4. The molecule has 0 fully saturated rings. The summed E-state index contributed by atoms with van der Waals surface area (Å²) in [6.45, 7) is 0. The molecule has 3 nitrogen and oxygen atoms in total. The summed E-state index contributed by atoms with van der Waals surface area (Å²) in [7, 11) is 0. The van der Waals surface area contributed by atoms with Gasteiger partial charge in [-0.15, -0.1) is 0 Å². The molecule has 0 saturated heterocycles. The van der Waals surface area contributed by atoms with Gasteiger partial charge in [0.25, 0.3) is 0 Å². The fourth-order valence-corrected chi connectivity index (χ4v) is 6.22. The zero-order valence-electron chi connectivity index (χ0n) is 22.3. The Balaban J connectivity index is 1.55. The molecule has 0 aliphatic heterocycles. The summed E-state index contributed by atoms with van der Waals surface area (Å²) in [6, 6.07) is 49.3. The van der Waals surface area contributed by atoms with Crippen LogP contribution in [0.2, 0.25) is 0 Å². The number of benzene rings is 6. The van der Waals surface area contributed by atoms with E-state index in [1.54, 1.807) is 0 Å². The van der Waals surface area contributed by atoms with E-state index in [0.717, 1.165) is 28.1 Å². The highest BCUT2D eigenvalue weighted by Crippen LogP contribution is 2.48. The molecule has 0 aliphatic carbocycles. The second-order valence-corrected chi connectivity index (χ2v) is 10.2. The number of nitrogens with zero attached hydrogens (tertiary/aromatic N) is 3. The van der Waals surface area contributed by atoms with Gasteiger partial charge in [0.15, 0.2) is 0 Å². The van der Waals surface area contributed by atoms with E-state index in [2.05, 4.69) is 108 Å². The molecule has 0 N–H and O–H groups in total. The number of fused-ring (bicyclic) bond motifs is 5. The largest absolute Gasteiger partial charge is 0.278 e. The highest BCUT2D eigenvalue weighted by atomic mass is 15.2. The lowest BCUT2D eigenvalue weighted by molar-refractivity contribution is 1.14. The van der Waals surface area contributed by atoms with E-state index in [1.807, 2.05) is 48.8 Å². The second-order valence-electron chi connectivity index (χ2n) is 10.2. The predicted octanol–water partition coefficient (Wildman–Crippen LogP) is 10.2. The average Bonchev–Trinajstić information content (AvgIpc) is 3.05. The van der Waals surface area contributed by atoms with Crippen molar-refractivity contribution in [3.8, 4) is 11.1 Å². The molecule has 8 aromatic rings. The first-order valence-electron chi connectivity index (χ1n) is 13.8. The lowest BCUT2D eigenvalue weighted by Crippen LogP contribution is -2.14. The Bertz CT molecular complexity index is 2110. The molecule has 2 aromatic heterocycles. The van der Waals surface area contributed by atoms with Crippen molar-refractivity contribution >= 4 is 60.4 Å². The van der Waals surface area contributed by atoms with Gasteiger partial charge in [0.1, 0.15) is 11.6 Å². The van der Waals surface area contributed by atoms with E-state index < -0.39 is 0 Å². The van der Waals surface area contributed by atoms with Gasteiger partial charge in [-0.2, -0.15) is 0 Å². The number of anilines is 3. The zero-order chi connectivity index (χ0) is 27.2. The summed E-state index contributed by atoms with van der Waals surface area (Å²) < 4.78 is 0. The Hall–Kier alpha value is -5.54. The maximum Gasteiger partial charge on any atom is 0.138 e. The molecular weight excluding hydrogens is 498 g/mol. The van der Waals surface area contributed by atoms with Crippen LogP contribution in [0.1, 0.15) is 0 Å². The quantitative estimate of drug-likeness (QED) is 0.170. The number of hydrogen-bond donors (Lipinski definition) is 0. The first-order chi connectivity index (χ1) is 20.4. The lowest BCUT2D eigenvalue weighted by atomic mass is 9.86. The number of pyridine rings is 2. The highest BCUT2D eigenvalue weighted by Gasteiger charge is 2.24. The maximum absolute atomic E-state index is 4.79. The molecule has 41 heavy (non-hydrogen) atoms. The van der Waals surface area contributed by atoms with Crippen molar-refractivity contribution in [1.29, 1.82) is 0 Å². The number of rotatable bonds is 4. The third kappa shape index (κ3) is 3.75. The van der Waals surface area contributed by atoms with Crippen LogP contribution in [0, 0.1) is 0 Å². The van der Waals surface area contributed by atoms with Crippen molar-refractivity contribution < 1.29 is 0 Å². The molecule has 2 heterocycles. The standard InChI is InChI=1S/C38H25N3/c1-2-14-27-26(13-1)25-34(29-16-4-3-15-28(27)29)37-30-17-5-7-19-32(30)38(33-20-8-6-18-31(33)37)41(35-21-9-11-23-39-35)36-22-10-12-24-40-36/h1-25H. The molecule has 6 aromatic carbocycles. The summed E-state index contributed by atoms with van der Waals surface area (Å²) in [5.74, 6) is 1.65. The topological polar surface area (TPSA) is 29.0 Å². The van der Waals surface area contributed by atoms with Gasteiger partial charge in [0.05, 0.1) is 5.69 Å². The van der Waals surface area contributed by atoms with Crippen LogP contribution >= 0.6 is 0 Å². The molecule has 0 saturated carbocycles. The lowest BCUT2D eigenvalue weighted by Gasteiger charge is -2.27. The van der Waals surface area contributed by atoms with E-state index in [9.17, 15) is 0 Å².